The van der Waals surface area contributed by atoms with Crippen molar-refractivity contribution in [3.63, 3.8) is 0 Å². The third kappa shape index (κ3) is 3.34. The van der Waals surface area contributed by atoms with Crippen LogP contribution in [0, 0.1) is 0 Å². The van der Waals surface area contributed by atoms with E-state index in [1.165, 1.54) is 0 Å². The highest BCUT2D eigenvalue weighted by atomic mass is 35.5. The van der Waals surface area contributed by atoms with E-state index in [1.54, 1.807) is 43.5 Å². The van der Waals surface area contributed by atoms with Gasteiger partial charge in [-0.15, -0.1) is 0 Å². The number of hydrogen-bond acceptors (Lipinski definition) is 4. The van der Waals surface area contributed by atoms with Gasteiger partial charge in [0.25, 0.3) is 11.8 Å². The molecular formula is C17H16ClN3O3. The summed E-state index contributed by atoms with van der Waals surface area (Å²) < 4.78 is 5.13. The Labute approximate surface area is 144 Å². The summed E-state index contributed by atoms with van der Waals surface area (Å²) in [5.74, 6) is 0.0879. The maximum absolute atomic E-state index is 12.4. The highest BCUT2D eigenvalue weighted by Crippen LogP contribution is 2.23. The van der Waals surface area contributed by atoms with E-state index in [-0.39, 0.29) is 17.9 Å². The molecule has 3 N–H and O–H groups in total. The van der Waals surface area contributed by atoms with Crippen molar-refractivity contribution in [1.29, 1.82) is 0 Å². The summed E-state index contributed by atoms with van der Waals surface area (Å²) in [6.07, 6.45) is 0. The number of methoxy groups -OCH3 is 1. The fraction of sp³-hybridized carbons (Fsp3) is 0.176. The fourth-order valence-corrected chi connectivity index (χ4v) is 2.65. The van der Waals surface area contributed by atoms with Crippen LogP contribution in [0.3, 0.4) is 0 Å². The standard InChI is InChI=1S/C17H16ClN3O3/c1-24-13-8-4-10(5-9-13)14-15(17(23)21-20-14)19-16(22)11-2-6-12(18)7-3-11/h2-9,14-15,20H,1H3,(H,19,22)(H,21,23)/t14-,15+/m0/s1. The number of hydrazine groups is 1. The largest absolute Gasteiger partial charge is 0.497 e. The van der Waals surface area contributed by atoms with E-state index >= 15 is 0 Å². The van der Waals surface area contributed by atoms with E-state index < -0.39 is 6.04 Å². The lowest BCUT2D eigenvalue weighted by Crippen LogP contribution is -2.42. The SMILES string of the molecule is COc1ccc([C@@H]2NNC(=O)[C@@H]2NC(=O)c2ccc(Cl)cc2)cc1. The van der Waals surface area contributed by atoms with Crippen LogP contribution in [0.15, 0.2) is 48.5 Å². The van der Waals surface area contributed by atoms with E-state index in [4.69, 9.17) is 16.3 Å². The lowest BCUT2D eigenvalue weighted by Gasteiger charge is -2.18. The van der Waals surface area contributed by atoms with Crippen LogP contribution in [0.25, 0.3) is 0 Å². The van der Waals surface area contributed by atoms with E-state index in [1.807, 2.05) is 12.1 Å². The zero-order valence-corrected chi connectivity index (χ0v) is 13.6. The summed E-state index contributed by atoms with van der Waals surface area (Å²) in [6.45, 7) is 0. The minimum atomic E-state index is -0.721. The Morgan fingerprint density at radius 3 is 2.42 bits per heavy atom. The van der Waals surface area contributed by atoms with Crippen LogP contribution in [0.2, 0.25) is 5.02 Å². The normalized spacial score (nSPS) is 19.7. The zero-order valence-electron chi connectivity index (χ0n) is 12.9. The Bertz CT molecular complexity index is 747. The molecule has 24 heavy (non-hydrogen) atoms. The smallest absolute Gasteiger partial charge is 0.258 e. The highest BCUT2D eigenvalue weighted by molar-refractivity contribution is 6.30. The first-order valence-corrected chi connectivity index (χ1v) is 7.72. The minimum absolute atomic E-state index is 0.293. The number of nitrogens with one attached hydrogen (secondary N) is 3. The summed E-state index contributed by atoms with van der Waals surface area (Å²) in [5.41, 5.74) is 6.75. The van der Waals surface area contributed by atoms with Crippen LogP contribution >= 0.6 is 11.6 Å². The van der Waals surface area contributed by atoms with Crippen LogP contribution in [-0.2, 0) is 4.79 Å². The average molecular weight is 346 g/mol. The Morgan fingerprint density at radius 2 is 1.79 bits per heavy atom. The lowest BCUT2D eigenvalue weighted by molar-refractivity contribution is -0.121. The molecule has 1 aliphatic rings. The second-order valence-corrected chi connectivity index (χ2v) is 5.78. The highest BCUT2D eigenvalue weighted by Gasteiger charge is 2.36. The molecule has 2 aromatic carbocycles. The molecule has 2 aromatic rings. The van der Waals surface area contributed by atoms with Gasteiger partial charge in [0.1, 0.15) is 11.8 Å². The molecule has 1 fully saturated rings. The van der Waals surface area contributed by atoms with Gasteiger partial charge < -0.3 is 10.1 Å². The topological polar surface area (TPSA) is 79.5 Å². The van der Waals surface area contributed by atoms with Gasteiger partial charge in [-0.25, -0.2) is 5.43 Å². The number of amides is 2. The molecule has 1 saturated heterocycles. The van der Waals surface area contributed by atoms with Gasteiger partial charge in [-0.05, 0) is 42.0 Å². The van der Waals surface area contributed by atoms with Crippen molar-refractivity contribution in [2.45, 2.75) is 12.1 Å². The van der Waals surface area contributed by atoms with E-state index in [0.29, 0.717) is 10.6 Å². The third-order valence-electron chi connectivity index (χ3n) is 3.83. The average Bonchev–Trinajstić information content (AvgIpc) is 2.96. The number of hydrogen-bond donors (Lipinski definition) is 3. The summed E-state index contributed by atoms with van der Waals surface area (Å²) in [6, 6.07) is 12.7. The molecule has 0 unspecified atom stereocenters. The lowest BCUT2D eigenvalue weighted by atomic mass is 10.00. The Hall–Kier alpha value is -2.57. The van der Waals surface area contributed by atoms with Gasteiger partial charge in [-0.3, -0.25) is 15.0 Å². The number of rotatable bonds is 4. The second kappa shape index (κ2) is 6.90. The Balaban J connectivity index is 1.77. The van der Waals surface area contributed by atoms with E-state index in [0.717, 1.165) is 11.3 Å². The maximum atomic E-state index is 12.4. The van der Waals surface area contributed by atoms with Crippen LogP contribution in [-0.4, -0.2) is 25.0 Å². The number of ether oxygens (including phenoxy) is 1. The van der Waals surface area contributed by atoms with Gasteiger partial charge >= 0.3 is 0 Å². The number of carbonyl (C=O) groups is 2. The molecule has 1 heterocycles. The predicted molar refractivity (Wildman–Crippen MR) is 89.7 cm³/mol. The van der Waals surface area contributed by atoms with Crippen molar-refractivity contribution in [3.05, 3.63) is 64.7 Å². The predicted octanol–water partition coefficient (Wildman–Crippen LogP) is 1.82. The molecular weight excluding hydrogens is 330 g/mol. The molecule has 2 amide bonds. The molecule has 0 radical (unpaired) electrons. The zero-order chi connectivity index (χ0) is 17.1. The van der Waals surface area contributed by atoms with Crippen molar-refractivity contribution < 1.29 is 14.3 Å². The van der Waals surface area contributed by atoms with Gasteiger partial charge in [-0.2, -0.15) is 0 Å². The van der Waals surface area contributed by atoms with Crippen molar-refractivity contribution in [2.75, 3.05) is 7.11 Å². The van der Waals surface area contributed by atoms with Crippen LogP contribution in [0.4, 0.5) is 0 Å². The molecule has 3 rings (SSSR count). The number of benzene rings is 2. The molecule has 2 atom stereocenters. The van der Waals surface area contributed by atoms with Gasteiger partial charge in [0.2, 0.25) is 0 Å². The molecule has 6 nitrogen and oxygen atoms in total. The van der Waals surface area contributed by atoms with Crippen LogP contribution in [0.5, 0.6) is 5.75 Å². The minimum Gasteiger partial charge on any atom is -0.497 e. The monoisotopic (exact) mass is 345 g/mol. The first kappa shape index (κ1) is 16.3. The van der Waals surface area contributed by atoms with Crippen molar-refractivity contribution in [1.82, 2.24) is 16.2 Å². The van der Waals surface area contributed by atoms with Gasteiger partial charge in [0, 0.05) is 10.6 Å². The quantitative estimate of drug-likeness (QED) is 0.789. The van der Waals surface area contributed by atoms with Crippen molar-refractivity contribution in [2.24, 2.45) is 0 Å². The second-order valence-electron chi connectivity index (χ2n) is 5.34. The Morgan fingerprint density at radius 1 is 1.12 bits per heavy atom. The maximum Gasteiger partial charge on any atom is 0.258 e. The number of halogens is 1. The van der Waals surface area contributed by atoms with E-state index in [9.17, 15) is 9.59 Å². The van der Waals surface area contributed by atoms with Crippen LogP contribution in [0.1, 0.15) is 22.0 Å². The van der Waals surface area contributed by atoms with E-state index in [2.05, 4.69) is 16.2 Å². The fourth-order valence-electron chi connectivity index (χ4n) is 2.52. The van der Waals surface area contributed by atoms with Gasteiger partial charge in [-0.1, -0.05) is 23.7 Å². The third-order valence-corrected chi connectivity index (χ3v) is 4.09. The first-order valence-electron chi connectivity index (χ1n) is 7.34. The molecule has 0 aliphatic carbocycles. The van der Waals surface area contributed by atoms with Crippen LogP contribution < -0.4 is 20.9 Å². The summed E-state index contributed by atoms with van der Waals surface area (Å²) in [5, 5.41) is 3.30. The first-order chi connectivity index (χ1) is 11.6. The van der Waals surface area contributed by atoms with Gasteiger partial charge in [0.15, 0.2) is 0 Å². The summed E-state index contributed by atoms with van der Waals surface area (Å²) >= 11 is 5.82. The molecule has 0 aromatic heterocycles. The molecule has 0 bridgehead atoms. The summed E-state index contributed by atoms with van der Waals surface area (Å²) in [7, 11) is 1.59. The van der Waals surface area contributed by atoms with Crippen molar-refractivity contribution in [3.8, 4) is 5.75 Å². The number of carbonyl (C=O) groups excluding carboxylic acids is 2. The molecule has 0 saturated carbocycles. The Kier molecular flexibility index (Phi) is 4.69. The molecule has 124 valence electrons. The molecule has 0 spiro atoms. The van der Waals surface area contributed by atoms with Gasteiger partial charge in [0.05, 0.1) is 13.2 Å². The molecule has 1 aliphatic heterocycles. The molecule has 7 heteroatoms. The summed E-state index contributed by atoms with van der Waals surface area (Å²) in [4.78, 5) is 24.4. The van der Waals surface area contributed by atoms with Crippen molar-refractivity contribution >= 4 is 23.4 Å².